The van der Waals surface area contributed by atoms with Crippen LogP contribution in [0.4, 0.5) is 0 Å². The van der Waals surface area contributed by atoms with Gasteiger partial charge in [0.15, 0.2) is 0 Å². The quantitative estimate of drug-likeness (QED) is 0.689. The van der Waals surface area contributed by atoms with E-state index in [1.54, 1.807) is 11.3 Å². The number of hydrogen-bond donors (Lipinski definition) is 0. The fourth-order valence-electron chi connectivity index (χ4n) is 1.01. The minimum Gasteiger partial charge on any atom is -0.287 e. The molecule has 0 aromatic carbocycles. The summed E-state index contributed by atoms with van der Waals surface area (Å²) in [6, 6.07) is 2.11. The average molecular weight is 195 g/mol. The summed E-state index contributed by atoms with van der Waals surface area (Å²) in [6.07, 6.45) is 0. The Morgan fingerprint density at radius 2 is 2.23 bits per heavy atom. The highest BCUT2D eigenvalue weighted by molar-refractivity contribution is 7.11. The van der Waals surface area contributed by atoms with Crippen LogP contribution in [0, 0.1) is 25.2 Å². The van der Waals surface area contributed by atoms with Gasteiger partial charge in [-0.15, -0.1) is 11.3 Å². The number of aryl methyl sites for hydroxylation is 2. The number of rotatable bonds is 3. The second-order valence-electron chi connectivity index (χ2n) is 3.08. The molecular weight excluding hydrogens is 182 g/mol. The molecular formula is C9H13N3S. The number of nitrogens with zero attached hydrogens (tertiary/aromatic N) is 3. The van der Waals surface area contributed by atoms with E-state index in [1.165, 1.54) is 4.88 Å². The Balaban J connectivity index is 2.60. The largest absolute Gasteiger partial charge is 0.287 e. The third-order valence-electron chi connectivity index (χ3n) is 1.82. The molecule has 3 nitrogen and oxygen atoms in total. The highest BCUT2D eigenvalue weighted by Crippen LogP contribution is 2.17. The zero-order valence-corrected chi connectivity index (χ0v) is 8.98. The summed E-state index contributed by atoms with van der Waals surface area (Å²) >= 11 is 1.71. The molecule has 0 N–H and O–H groups in total. The van der Waals surface area contributed by atoms with E-state index in [0.29, 0.717) is 6.54 Å². The topological polar surface area (TPSA) is 39.9 Å². The first-order valence-electron chi connectivity index (χ1n) is 4.12. The van der Waals surface area contributed by atoms with E-state index in [4.69, 9.17) is 5.26 Å². The predicted octanol–water partition coefficient (Wildman–Crippen LogP) is 1.72. The van der Waals surface area contributed by atoms with Crippen LogP contribution >= 0.6 is 11.3 Å². The molecule has 4 heteroatoms. The van der Waals surface area contributed by atoms with Crippen molar-refractivity contribution >= 4 is 11.3 Å². The Labute approximate surface area is 82.6 Å². The van der Waals surface area contributed by atoms with Gasteiger partial charge in [-0.25, -0.2) is 4.98 Å². The van der Waals surface area contributed by atoms with Gasteiger partial charge in [0, 0.05) is 4.88 Å². The highest BCUT2D eigenvalue weighted by Gasteiger charge is 2.05. The molecule has 0 radical (unpaired) electrons. The van der Waals surface area contributed by atoms with Crippen molar-refractivity contribution in [3.05, 3.63) is 15.6 Å². The van der Waals surface area contributed by atoms with Crippen LogP contribution in [-0.2, 0) is 6.54 Å². The van der Waals surface area contributed by atoms with Gasteiger partial charge in [0.1, 0.15) is 5.01 Å². The van der Waals surface area contributed by atoms with E-state index in [9.17, 15) is 0 Å². The van der Waals surface area contributed by atoms with Gasteiger partial charge in [0.05, 0.1) is 24.9 Å². The molecule has 0 aliphatic rings. The second-order valence-corrected chi connectivity index (χ2v) is 4.37. The molecule has 70 valence electrons. The lowest BCUT2D eigenvalue weighted by molar-refractivity contribution is 0.366. The van der Waals surface area contributed by atoms with Crippen LogP contribution in [0.25, 0.3) is 0 Å². The van der Waals surface area contributed by atoms with Gasteiger partial charge in [0.25, 0.3) is 0 Å². The lowest BCUT2D eigenvalue weighted by Crippen LogP contribution is -2.17. The standard InChI is InChI=1S/C9H13N3S/c1-7-8(2)13-9(11-7)6-12(3)5-4-10/h5-6H2,1-3H3. The zero-order chi connectivity index (χ0) is 9.84. The third kappa shape index (κ3) is 2.79. The fraction of sp³-hybridized carbons (Fsp3) is 0.556. The summed E-state index contributed by atoms with van der Waals surface area (Å²) in [7, 11) is 1.93. The Hall–Kier alpha value is -0.920. The van der Waals surface area contributed by atoms with E-state index in [1.807, 2.05) is 18.9 Å². The van der Waals surface area contributed by atoms with Crippen LogP contribution in [0.2, 0.25) is 0 Å². The lowest BCUT2D eigenvalue weighted by atomic mass is 10.4. The molecule has 0 fully saturated rings. The summed E-state index contributed by atoms with van der Waals surface area (Å²) in [5.41, 5.74) is 1.10. The summed E-state index contributed by atoms with van der Waals surface area (Å²) in [6.45, 7) is 5.31. The molecule has 1 rings (SSSR count). The molecule has 0 bridgehead atoms. The van der Waals surface area contributed by atoms with Crippen molar-refractivity contribution in [3.63, 3.8) is 0 Å². The van der Waals surface area contributed by atoms with E-state index in [2.05, 4.69) is 18.0 Å². The molecule has 1 aromatic heterocycles. The number of thiazole rings is 1. The van der Waals surface area contributed by atoms with Crippen LogP contribution in [-0.4, -0.2) is 23.5 Å². The maximum atomic E-state index is 8.47. The van der Waals surface area contributed by atoms with Crippen LogP contribution in [0.1, 0.15) is 15.6 Å². The van der Waals surface area contributed by atoms with Crippen molar-refractivity contribution < 1.29 is 0 Å². The molecule has 0 atom stereocenters. The van der Waals surface area contributed by atoms with Gasteiger partial charge in [0.2, 0.25) is 0 Å². The maximum Gasteiger partial charge on any atom is 0.107 e. The van der Waals surface area contributed by atoms with E-state index < -0.39 is 0 Å². The van der Waals surface area contributed by atoms with Crippen molar-refractivity contribution in [2.45, 2.75) is 20.4 Å². The molecule has 13 heavy (non-hydrogen) atoms. The third-order valence-corrected chi connectivity index (χ3v) is 2.88. The number of hydrogen-bond acceptors (Lipinski definition) is 4. The van der Waals surface area contributed by atoms with E-state index in [-0.39, 0.29) is 0 Å². The van der Waals surface area contributed by atoms with Gasteiger partial charge in [-0.05, 0) is 20.9 Å². The summed E-state index contributed by atoms with van der Waals surface area (Å²) in [5.74, 6) is 0. The first-order chi connectivity index (χ1) is 6.13. The molecule has 0 amide bonds. The minimum absolute atomic E-state index is 0.456. The van der Waals surface area contributed by atoms with Crippen molar-refractivity contribution in [1.82, 2.24) is 9.88 Å². The average Bonchev–Trinajstić information content (AvgIpc) is 2.31. The summed E-state index contributed by atoms with van der Waals surface area (Å²) in [4.78, 5) is 7.62. The normalized spacial score (nSPS) is 10.4. The van der Waals surface area contributed by atoms with E-state index >= 15 is 0 Å². The van der Waals surface area contributed by atoms with Crippen molar-refractivity contribution in [2.24, 2.45) is 0 Å². The Kier molecular flexibility index (Phi) is 3.40. The van der Waals surface area contributed by atoms with Gasteiger partial charge < -0.3 is 0 Å². The maximum absolute atomic E-state index is 8.47. The minimum atomic E-state index is 0.456. The van der Waals surface area contributed by atoms with Crippen molar-refractivity contribution in [3.8, 4) is 6.07 Å². The summed E-state index contributed by atoms with van der Waals surface area (Å²) < 4.78 is 0. The molecule has 0 saturated carbocycles. The fourth-order valence-corrected chi connectivity index (χ4v) is 2.03. The van der Waals surface area contributed by atoms with Gasteiger partial charge >= 0.3 is 0 Å². The molecule has 1 aromatic rings. The number of aromatic nitrogens is 1. The number of nitriles is 1. The molecule has 0 unspecified atom stereocenters. The summed E-state index contributed by atoms with van der Waals surface area (Å²) in [5, 5.41) is 9.56. The van der Waals surface area contributed by atoms with Crippen LogP contribution < -0.4 is 0 Å². The van der Waals surface area contributed by atoms with Crippen LogP contribution in [0.3, 0.4) is 0 Å². The zero-order valence-electron chi connectivity index (χ0n) is 8.16. The Morgan fingerprint density at radius 1 is 1.54 bits per heavy atom. The van der Waals surface area contributed by atoms with Crippen molar-refractivity contribution in [1.29, 1.82) is 5.26 Å². The first kappa shape index (κ1) is 10.2. The first-order valence-corrected chi connectivity index (χ1v) is 4.93. The monoisotopic (exact) mass is 195 g/mol. The predicted molar refractivity (Wildman–Crippen MR) is 53.5 cm³/mol. The molecule has 0 saturated heterocycles. The Morgan fingerprint density at radius 3 is 2.69 bits per heavy atom. The molecule has 0 aliphatic heterocycles. The highest BCUT2D eigenvalue weighted by atomic mass is 32.1. The molecule has 1 heterocycles. The molecule has 0 aliphatic carbocycles. The van der Waals surface area contributed by atoms with Crippen LogP contribution in [0.15, 0.2) is 0 Å². The second kappa shape index (κ2) is 4.35. The Bertz CT molecular complexity index is 305. The lowest BCUT2D eigenvalue weighted by Gasteiger charge is -2.08. The van der Waals surface area contributed by atoms with Gasteiger partial charge in [-0.2, -0.15) is 5.26 Å². The molecule has 0 spiro atoms. The van der Waals surface area contributed by atoms with Gasteiger partial charge in [-0.3, -0.25) is 4.90 Å². The SMILES string of the molecule is Cc1nc(CN(C)CC#N)sc1C. The van der Waals surface area contributed by atoms with Crippen molar-refractivity contribution in [2.75, 3.05) is 13.6 Å². The smallest absolute Gasteiger partial charge is 0.107 e. The van der Waals surface area contributed by atoms with E-state index in [0.717, 1.165) is 17.2 Å². The van der Waals surface area contributed by atoms with Crippen LogP contribution in [0.5, 0.6) is 0 Å². The van der Waals surface area contributed by atoms with Gasteiger partial charge in [-0.1, -0.05) is 0 Å².